The standard InChI is InChI=1S/C25H24F3N3O4/c26-25(27,28)22(24(33)30-34)29-23(32)21-11-9-19(10-12-21)4-2-1-3-18-5-7-20(8-6-18)17-31-13-15-35-16-14-31/h2,4-12,22,34H,13-17H2,(H,29,32)(H,30,33). The first-order chi connectivity index (χ1) is 16.8. The normalized spacial score (nSPS) is 15.2. The summed E-state index contributed by atoms with van der Waals surface area (Å²) in [4.78, 5) is 25.6. The highest BCUT2D eigenvalue weighted by atomic mass is 19.4. The molecule has 7 nitrogen and oxygen atoms in total. The van der Waals surface area contributed by atoms with E-state index in [0.29, 0.717) is 5.56 Å². The monoisotopic (exact) mass is 487 g/mol. The van der Waals surface area contributed by atoms with Gasteiger partial charge in [-0.05, 0) is 47.5 Å². The Labute approximate surface area is 200 Å². The molecule has 1 saturated heterocycles. The summed E-state index contributed by atoms with van der Waals surface area (Å²) >= 11 is 0. The van der Waals surface area contributed by atoms with Crippen LogP contribution in [0.4, 0.5) is 13.2 Å². The number of halogens is 3. The Kier molecular flexibility index (Phi) is 9.03. The van der Waals surface area contributed by atoms with E-state index in [0.717, 1.165) is 43.9 Å². The van der Waals surface area contributed by atoms with Crippen LogP contribution in [0.15, 0.2) is 54.6 Å². The summed E-state index contributed by atoms with van der Waals surface area (Å²) in [5.74, 6) is 3.06. The van der Waals surface area contributed by atoms with Crippen LogP contribution in [0.5, 0.6) is 0 Å². The number of alkyl halides is 3. The van der Waals surface area contributed by atoms with E-state index >= 15 is 0 Å². The number of carbonyl (C=O) groups excluding carboxylic acids is 2. The zero-order valence-electron chi connectivity index (χ0n) is 18.6. The van der Waals surface area contributed by atoms with E-state index in [1.807, 2.05) is 24.3 Å². The molecule has 1 aliphatic rings. The van der Waals surface area contributed by atoms with Crippen LogP contribution in [0.1, 0.15) is 27.0 Å². The van der Waals surface area contributed by atoms with Gasteiger partial charge in [-0.1, -0.05) is 36.1 Å². The van der Waals surface area contributed by atoms with Gasteiger partial charge in [0, 0.05) is 30.8 Å². The van der Waals surface area contributed by atoms with Crippen molar-refractivity contribution >= 4 is 17.9 Å². The van der Waals surface area contributed by atoms with Crippen LogP contribution < -0.4 is 10.8 Å². The molecule has 0 aliphatic carbocycles. The molecule has 0 aromatic heterocycles. The van der Waals surface area contributed by atoms with Gasteiger partial charge >= 0.3 is 6.18 Å². The summed E-state index contributed by atoms with van der Waals surface area (Å²) in [6.07, 6.45) is -1.74. The van der Waals surface area contributed by atoms with Crippen molar-refractivity contribution in [3.63, 3.8) is 0 Å². The van der Waals surface area contributed by atoms with Crippen molar-refractivity contribution in [1.29, 1.82) is 0 Å². The number of amides is 2. The molecular formula is C25H24F3N3O4. The van der Waals surface area contributed by atoms with E-state index in [9.17, 15) is 22.8 Å². The fourth-order valence-electron chi connectivity index (χ4n) is 3.29. The molecule has 1 heterocycles. The van der Waals surface area contributed by atoms with Crippen molar-refractivity contribution < 1.29 is 32.7 Å². The zero-order chi connectivity index (χ0) is 25.3. The molecule has 1 unspecified atom stereocenters. The first-order valence-corrected chi connectivity index (χ1v) is 10.7. The second-order valence-electron chi connectivity index (χ2n) is 7.73. The maximum absolute atomic E-state index is 12.9. The Morgan fingerprint density at radius 1 is 1.09 bits per heavy atom. The highest BCUT2D eigenvalue weighted by molar-refractivity contribution is 5.97. The zero-order valence-corrected chi connectivity index (χ0v) is 18.6. The fourth-order valence-corrected chi connectivity index (χ4v) is 3.29. The lowest BCUT2D eigenvalue weighted by Crippen LogP contribution is -2.54. The van der Waals surface area contributed by atoms with E-state index in [1.54, 1.807) is 17.5 Å². The number of hydroxylamine groups is 1. The Hall–Kier alpha value is -3.65. The quantitative estimate of drug-likeness (QED) is 0.331. The number of nitrogens with zero attached hydrogens (tertiary/aromatic N) is 1. The average Bonchev–Trinajstić information content (AvgIpc) is 2.86. The minimum Gasteiger partial charge on any atom is -0.379 e. The van der Waals surface area contributed by atoms with Gasteiger partial charge in [0.05, 0.1) is 13.2 Å². The molecule has 35 heavy (non-hydrogen) atoms. The van der Waals surface area contributed by atoms with Crippen LogP contribution in [0.3, 0.4) is 0 Å². The predicted octanol–water partition coefficient (Wildman–Crippen LogP) is 2.75. The van der Waals surface area contributed by atoms with Crippen LogP contribution in [0.2, 0.25) is 0 Å². The Balaban J connectivity index is 1.54. The van der Waals surface area contributed by atoms with Gasteiger partial charge in [-0.25, -0.2) is 5.48 Å². The molecule has 2 aromatic rings. The molecule has 0 spiro atoms. The number of benzene rings is 2. The molecule has 2 amide bonds. The van der Waals surface area contributed by atoms with Gasteiger partial charge in [0.25, 0.3) is 11.8 Å². The van der Waals surface area contributed by atoms with Crippen LogP contribution in [0.25, 0.3) is 6.08 Å². The number of allylic oxidation sites excluding steroid dienone is 1. The molecule has 1 aliphatic heterocycles. The topological polar surface area (TPSA) is 90.9 Å². The van der Waals surface area contributed by atoms with E-state index in [4.69, 9.17) is 9.94 Å². The van der Waals surface area contributed by atoms with Crippen LogP contribution in [0, 0.1) is 11.8 Å². The number of hydrogen-bond acceptors (Lipinski definition) is 5. The second kappa shape index (κ2) is 12.2. The van der Waals surface area contributed by atoms with Gasteiger partial charge in [-0.3, -0.25) is 19.7 Å². The SMILES string of the molecule is O=C(NC(C(=O)NO)C(F)(F)F)c1ccc(C=CC#Cc2ccc(CN3CCOCC3)cc2)cc1. The largest absolute Gasteiger partial charge is 0.417 e. The molecule has 1 fully saturated rings. The van der Waals surface area contributed by atoms with E-state index < -0.39 is 24.0 Å². The number of morpholine rings is 1. The van der Waals surface area contributed by atoms with Crippen LogP contribution in [-0.4, -0.2) is 60.4 Å². The van der Waals surface area contributed by atoms with E-state index in [1.165, 1.54) is 29.8 Å². The molecule has 3 rings (SSSR count). The lowest BCUT2D eigenvalue weighted by Gasteiger charge is -2.26. The molecule has 2 aromatic carbocycles. The third-order valence-electron chi connectivity index (χ3n) is 5.19. The lowest BCUT2D eigenvalue weighted by molar-refractivity contribution is -0.172. The van der Waals surface area contributed by atoms with Gasteiger partial charge in [-0.2, -0.15) is 13.2 Å². The number of rotatable bonds is 6. The van der Waals surface area contributed by atoms with Gasteiger partial charge < -0.3 is 10.1 Å². The summed E-state index contributed by atoms with van der Waals surface area (Å²) in [5.41, 5.74) is 3.56. The maximum Gasteiger partial charge on any atom is 0.417 e. The molecule has 3 N–H and O–H groups in total. The van der Waals surface area contributed by atoms with Crippen molar-refractivity contribution in [1.82, 2.24) is 15.7 Å². The van der Waals surface area contributed by atoms with Gasteiger partial charge in [0.15, 0.2) is 0 Å². The molecule has 1 atom stereocenters. The minimum absolute atomic E-state index is 0.0783. The molecule has 0 saturated carbocycles. The average molecular weight is 487 g/mol. The lowest BCUT2D eigenvalue weighted by atomic mass is 10.1. The van der Waals surface area contributed by atoms with Crippen molar-refractivity contribution in [2.24, 2.45) is 0 Å². The second-order valence-corrected chi connectivity index (χ2v) is 7.73. The first-order valence-electron chi connectivity index (χ1n) is 10.7. The first kappa shape index (κ1) is 26.0. The summed E-state index contributed by atoms with van der Waals surface area (Å²) in [6, 6.07) is 10.8. The molecule has 0 radical (unpaired) electrons. The number of nitrogens with one attached hydrogen (secondary N) is 2. The summed E-state index contributed by atoms with van der Waals surface area (Å²) in [6.45, 7) is 4.23. The third-order valence-corrected chi connectivity index (χ3v) is 5.19. The van der Waals surface area contributed by atoms with Gasteiger partial charge in [0.1, 0.15) is 0 Å². The molecule has 0 bridgehead atoms. The molecule has 10 heteroatoms. The van der Waals surface area contributed by atoms with Crippen molar-refractivity contribution in [2.75, 3.05) is 26.3 Å². The van der Waals surface area contributed by atoms with E-state index in [-0.39, 0.29) is 5.56 Å². The van der Waals surface area contributed by atoms with Crippen molar-refractivity contribution in [3.05, 3.63) is 76.9 Å². The smallest absolute Gasteiger partial charge is 0.379 e. The number of carbonyl (C=O) groups is 2. The van der Waals surface area contributed by atoms with Gasteiger partial charge in [-0.15, -0.1) is 0 Å². The maximum atomic E-state index is 12.9. The van der Waals surface area contributed by atoms with Crippen molar-refractivity contribution in [3.8, 4) is 11.8 Å². The Bertz CT molecular complexity index is 1100. The summed E-state index contributed by atoms with van der Waals surface area (Å²) < 4.78 is 44.0. The highest BCUT2D eigenvalue weighted by Gasteiger charge is 2.46. The van der Waals surface area contributed by atoms with Crippen LogP contribution >= 0.6 is 0 Å². The van der Waals surface area contributed by atoms with Gasteiger partial charge in [0.2, 0.25) is 6.04 Å². The Morgan fingerprint density at radius 2 is 1.74 bits per heavy atom. The van der Waals surface area contributed by atoms with Crippen LogP contribution in [-0.2, 0) is 16.1 Å². The predicted molar refractivity (Wildman–Crippen MR) is 122 cm³/mol. The minimum atomic E-state index is -5.06. The van der Waals surface area contributed by atoms with Crippen molar-refractivity contribution in [2.45, 2.75) is 18.8 Å². The number of hydrogen-bond donors (Lipinski definition) is 3. The number of ether oxygens (including phenoxy) is 1. The summed E-state index contributed by atoms with van der Waals surface area (Å²) in [7, 11) is 0. The third kappa shape index (κ3) is 7.96. The molecule has 184 valence electrons. The fraction of sp³-hybridized carbons (Fsp3) is 0.280. The van der Waals surface area contributed by atoms with E-state index in [2.05, 4.69) is 16.7 Å². The summed E-state index contributed by atoms with van der Waals surface area (Å²) in [5, 5.41) is 10.0. The highest BCUT2D eigenvalue weighted by Crippen LogP contribution is 2.21. The molecular weight excluding hydrogens is 463 g/mol. The Morgan fingerprint density at radius 3 is 2.34 bits per heavy atom.